The highest BCUT2D eigenvalue weighted by Gasteiger charge is 2.33. The summed E-state index contributed by atoms with van der Waals surface area (Å²) in [7, 11) is 0. The van der Waals surface area contributed by atoms with Gasteiger partial charge < -0.3 is 20.9 Å². The molecule has 4 aromatic rings. The van der Waals surface area contributed by atoms with E-state index in [9.17, 15) is 18.0 Å². The van der Waals surface area contributed by atoms with Gasteiger partial charge in [-0.15, -0.1) is 0 Å². The topological polar surface area (TPSA) is 97.9 Å². The Morgan fingerprint density at radius 1 is 1.03 bits per heavy atom. The first kappa shape index (κ1) is 25.3. The van der Waals surface area contributed by atoms with Crippen LogP contribution in [0, 0.1) is 0 Å². The molecule has 2 aromatic carbocycles. The number of urea groups is 1. The lowest BCUT2D eigenvalue weighted by atomic mass is 10.1. The maximum absolute atomic E-state index is 13.1. The average molecular weight is 499 g/mol. The van der Waals surface area contributed by atoms with Gasteiger partial charge in [-0.2, -0.15) is 13.2 Å². The van der Waals surface area contributed by atoms with Crippen molar-refractivity contribution in [3.05, 3.63) is 59.9 Å². The molecule has 0 aliphatic heterocycles. The highest BCUT2D eigenvalue weighted by molar-refractivity contribution is 6.06. The first-order valence-corrected chi connectivity index (χ1v) is 12.0. The second-order valence-electron chi connectivity index (χ2n) is 8.63. The van der Waals surface area contributed by atoms with Gasteiger partial charge in [-0.3, -0.25) is 0 Å². The fraction of sp³-hybridized carbons (Fsp3) is 0.346. The van der Waals surface area contributed by atoms with E-state index >= 15 is 0 Å². The number of pyridine rings is 1. The molecule has 2 aromatic heterocycles. The van der Waals surface area contributed by atoms with Crippen molar-refractivity contribution in [1.82, 2.24) is 19.9 Å². The van der Waals surface area contributed by atoms with Crippen molar-refractivity contribution in [2.45, 2.75) is 51.7 Å². The van der Waals surface area contributed by atoms with E-state index < -0.39 is 17.8 Å². The number of fused-ring (bicyclic) bond motifs is 3. The van der Waals surface area contributed by atoms with E-state index in [1.807, 2.05) is 24.3 Å². The van der Waals surface area contributed by atoms with Gasteiger partial charge in [-0.05, 0) is 37.5 Å². The Hall–Kier alpha value is -3.82. The van der Waals surface area contributed by atoms with E-state index in [0.717, 1.165) is 54.0 Å². The van der Waals surface area contributed by atoms with Crippen LogP contribution in [0.5, 0.6) is 0 Å². The molecule has 4 rings (SSSR count). The van der Waals surface area contributed by atoms with Crippen LogP contribution in [0.3, 0.4) is 0 Å². The molecule has 2 amide bonds. The van der Waals surface area contributed by atoms with Crippen LogP contribution in [0.25, 0.3) is 21.9 Å². The normalized spacial score (nSPS) is 11.8. The Bertz CT molecular complexity index is 1370. The minimum absolute atomic E-state index is 0.272. The fourth-order valence-electron chi connectivity index (χ4n) is 4.27. The largest absolute Gasteiger partial charge is 0.418 e. The summed E-state index contributed by atoms with van der Waals surface area (Å²) >= 11 is 0. The number of anilines is 2. The highest BCUT2D eigenvalue weighted by Crippen LogP contribution is 2.34. The van der Waals surface area contributed by atoms with E-state index in [2.05, 4.69) is 27.1 Å². The van der Waals surface area contributed by atoms with Crippen molar-refractivity contribution in [3.63, 3.8) is 0 Å². The summed E-state index contributed by atoms with van der Waals surface area (Å²) in [6.45, 7) is 3.12. The van der Waals surface area contributed by atoms with Gasteiger partial charge in [-0.1, -0.05) is 43.7 Å². The summed E-state index contributed by atoms with van der Waals surface area (Å²) in [5, 5.41) is 5.92. The van der Waals surface area contributed by atoms with Crippen molar-refractivity contribution < 1.29 is 18.0 Å². The molecule has 36 heavy (non-hydrogen) atoms. The molecule has 0 aliphatic carbocycles. The van der Waals surface area contributed by atoms with Crippen LogP contribution >= 0.6 is 0 Å². The summed E-state index contributed by atoms with van der Waals surface area (Å²) < 4.78 is 41.6. The molecule has 0 unspecified atom stereocenters. The Balaban J connectivity index is 1.42. The predicted octanol–water partition coefficient (Wildman–Crippen LogP) is 6.13. The molecule has 0 aliphatic rings. The molecule has 0 fully saturated rings. The van der Waals surface area contributed by atoms with Gasteiger partial charge in [-0.25, -0.2) is 14.8 Å². The van der Waals surface area contributed by atoms with E-state index in [4.69, 9.17) is 10.7 Å². The molecule has 7 nitrogen and oxygen atoms in total. The van der Waals surface area contributed by atoms with Gasteiger partial charge in [0.05, 0.1) is 22.3 Å². The molecule has 0 atom stereocenters. The molecule has 0 saturated heterocycles. The molecule has 0 radical (unpaired) electrons. The lowest BCUT2D eigenvalue weighted by Gasteiger charge is -2.14. The number of alkyl halides is 3. The number of para-hydroxylation sites is 2. The number of nitrogen functional groups attached to an aromatic ring is 1. The smallest absolute Gasteiger partial charge is 0.382 e. The number of halogens is 3. The summed E-state index contributed by atoms with van der Waals surface area (Å²) in [4.78, 5) is 21.5. The lowest BCUT2D eigenvalue weighted by Crippen LogP contribution is -2.30. The van der Waals surface area contributed by atoms with Crippen molar-refractivity contribution >= 4 is 39.5 Å². The monoisotopic (exact) mass is 498 g/mol. The van der Waals surface area contributed by atoms with Crippen LogP contribution in [0.4, 0.5) is 29.5 Å². The van der Waals surface area contributed by atoms with E-state index in [1.54, 1.807) is 0 Å². The molecule has 0 spiro atoms. The number of carbonyl (C=O) groups is 1. The molecule has 0 bridgehead atoms. The number of benzene rings is 2. The molecule has 0 saturated carbocycles. The van der Waals surface area contributed by atoms with Crippen LogP contribution in [0.2, 0.25) is 0 Å². The van der Waals surface area contributed by atoms with Crippen molar-refractivity contribution in [2.24, 2.45) is 0 Å². The third-order valence-electron chi connectivity index (χ3n) is 6.02. The third kappa shape index (κ3) is 5.53. The zero-order valence-corrected chi connectivity index (χ0v) is 20.0. The Kier molecular flexibility index (Phi) is 7.61. The number of nitrogens with two attached hydrogens (primary N) is 1. The van der Waals surface area contributed by atoms with Crippen molar-refractivity contribution in [3.8, 4) is 0 Å². The number of aryl methyl sites for hydroxylation is 2. The van der Waals surface area contributed by atoms with E-state index in [-0.39, 0.29) is 5.69 Å². The number of rotatable bonds is 9. The Morgan fingerprint density at radius 3 is 2.56 bits per heavy atom. The maximum atomic E-state index is 13.1. The lowest BCUT2D eigenvalue weighted by molar-refractivity contribution is -0.136. The number of hydrogen-bond acceptors (Lipinski definition) is 4. The third-order valence-corrected chi connectivity index (χ3v) is 6.02. The van der Waals surface area contributed by atoms with Crippen LogP contribution in [0.15, 0.2) is 48.5 Å². The van der Waals surface area contributed by atoms with Gasteiger partial charge >= 0.3 is 12.2 Å². The number of nitrogens with one attached hydrogen (secondary N) is 2. The first-order valence-electron chi connectivity index (χ1n) is 12.0. The molecule has 10 heteroatoms. The van der Waals surface area contributed by atoms with Gasteiger partial charge in [0.1, 0.15) is 11.3 Å². The fourth-order valence-corrected chi connectivity index (χ4v) is 4.27. The van der Waals surface area contributed by atoms with Crippen LogP contribution in [-0.2, 0) is 19.1 Å². The number of carbonyl (C=O) groups excluding carboxylic acids is 1. The quantitative estimate of drug-likeness (QED) is 0.242. The van der Waals surface area contributed by atoms with Gasteiger partial charge in [0, 0.05) is 24.9 Å². The van der Waals surface area contributed by atoms with Gasteiger partial charge in [0.2, 0.25) is 0 Å². The zero-order chi connectivity index (χ0) is 25.7. The molecular formula is C26H29F3N6O. The molecule has 4 N–H and O–H groups in total. The molecule has 2 heterocycles. The van der Waals surface area contributed by atoms with E-state index in [1.165, 1.54) is 18.2 Å². The number of nitrogens with zero attached hydrogens (tertiary/aromatic N) is 3. The Morgan fingerprint density at radius 2 is 1.78 bits per heavy atom. The number of amides is 2. The minimum atomic E-state index is -4.55. The van der Waals surface area contributed by atoms with E-state index in [0.29, 0.717) is 30.8 Å². The van der Waals surface area contributed by atoms with Crippen molar-refractivity contribution in [1.29, 1.82) is 0 Å². The molecular weight excluding hydrogens is 469 g/mol. The standard InChI is InChI=1S/C26H29F3N6O/c1-2-3-14-21-34-22-23(17-10-4-6-12-19(17)32-24(22)30)35(21)16-9-8-15-31-25(36)33-20-13-7-5-11-18(20)26(27,28)29/h4-7,10-13H,2-3,8-9,14-16H2,1H3,(H2,30,32)(H2,31,33,36). The summed E-state index contributed by atoms with van der Waals surface area (Å²) in [5.41, 5.74) is 7.54. The minimum Gasteiger partial charge on any atom is -0.382 e. The highest BCUT2D eigenvalue weighted by atomic mass is 19.4. The van der Waals surface area contributed by atoms with Gasteiger partial charge in [0.25, 0.3) is 0 Å². The Labute approximate surface area is 206 Å². The average Bonchev–Trinajstić information content (AvgIpc) is 3.21. The maximum Gasteiger partial charge on any atom is 0.418 e. The van der Waals surface area contributed by atoms with Crippen LogP contribution < -0.4 is 16.4 Å². The van der Waals surface area contributed by atoms with Crippen LogP contribution in [-0.4, -0.2) is 27.1 Å². The van der Waals surface area contributed by atoms with Gasteiger partial charge in [0.15, 0.2) is 5.82 Å². The first-order chi connectivity index (χ1) is 17.3. The number of imidazole rings is 1. The second-order valence-corrected chi connectivity index (χ2v) is 8.63. The summed E-state index contributed by atoms with van der Waals surface area (Å²) in [6, 6.07) is 12.0. The SMILES string of the molecule is CCCCc1nc2c(N)nc3ccccc3c2n1CCCCNC(=O)Nc1ccccc1C(F)(F)F. The van der Waals surface area contributed by atoms with Crippen molar-refractivity contribution in [2.75, 3.05) is 17.6 Å². The second kappa shape index (κ2) is 10.8. The number of unbranched alkanes of at least 4 members (excludes halogenated alkanes) is 2. The molecule has 190 valence electrons. The zero-order valence-electron chi connectivity index (χ0n) is 20.0. The predicted molar refractivity (Wildman–Crippen MR) is 136 cm³/mol. The number of hydrogen-bond donors (Lipinski definition) is 3. The number of aromatic nitrogens is 3. The van der Waals surface area contributed by atoms with Crippen LogP contribution in [0.1, 0.15) is 44.0 Å². The summed E-state index contributed by atoms with van der Waals surface area (Å²) in [5.74, 6) is 1.35. The summed E-state index contributed by atoms with van der Waals surface area (Å²) in [6.07, 6.45) is -0.321.